The van der Waals surface area contributed by atoms with Gasteiger partial charge in [0, 0.05) is 17.8 Å². The molecule has 9 heteroatoms. The van der Waals surface area contributed by atoms with Gasteiger partial charge in [-0.15, -0.1) is 0 Å². The van der Waals surface area contributed by atoms with E-state index in [1.54, 1.807) is 30.3 Å². The van der Waals surface area contributed by atoms with E-state index in [9.17, 15) is 19.0 Å². The van der Waals surface area contributed by atoms with Crippen LogP contribution in [0, 0.1) is 11.8 Å². The lowest BCUT2D eigenvalue weighted by Crippen LogP contribution is -2.38. The summed E-state index contributed by atoms with van der Waals surface area (Å²) in [7, 11) is -4.44. The van der Waals surface area contributed by atoms with E-state index in [-0.39, 0.29) is 43.4 Å². The summed E-state index contributed by atoms with van der Waals surface area (Å²) in [6.07, 6.45) is 3.38. The molecule has 1 amide bonds. The van der Waals surface area contributed by atoms with Crippen LogP contribution in [0.25, 0.3) is 11.1 Å². The number of hydrogen-bond acceptors (Lipinski definition) is 6. The number of amides is 1. The number of carbonyl (C=O) groups is 2. The van der Waals surface area contributed by atoms with E-state index in [1.807, 2.05) is 56.3 Å². The Morgan fingerprint density at radius 2 is 1.58 bits per heavy atom. The number of fused-ring (bicyclic) bond motifs is 3. The monoisotopic (exact) mass is 603 g/mol. The van der Waals surface area contributed by atoms with Crippen molar-refractivity contribution in [3.63, 3.8) is 0 Å². The first-order valence-electron chi connectivity index (χ1n) is 14.7. The Kier molecular flexibility index (Phi) is 9.93. The molecule has 43 heavy (non-hydrogen) atoms. The maximum absolute atomic E-state index is 13.1. The van der Waals surface area contributed by atoms with Crippen LogP contribution in [0.2, 0.25) is 0 Å². The van der Waals surface area contributed by atoms with Gasteiger partial charge in [0.15, 0.2) is 0 Å². The molecular weight excluding hydrogens is 565 g/mol. The maximum Gasteiger partial charge on any atom is 0.472 e. The number of alkyl carbamates (subject to hydrolysis) is 1. The van der Waals surface area contributed by atoms with Crippen LogP contribution in [0.3, 0.4) is 0 Å². The molecule has 1 saturated carbocycles. The summed E-state index contributed by atoms with van der Waals surface area (Å²) >= 11 is 0. The number of hydrogen-bond donors (Lipinski definition) is 2. The van der Waals surface area contributed by atoms with Crippen molar-refractivity contribution in [2.24, 2.45) is 11.8 Å². The molecule has 0 heterocycles. The number of benzene rings is 3. The third kappa shape index (κ3) is 7.70. The molecule has 0 spiro atoms. The molecule has 3 atom stereocenters. The Hall–Kier alpha value is -3.55. The Labute approximate surface area is 252 Å². The molecule has 226 valence electrons. The molecule has 0 saturated heterocycles. The zero-order valence-electron chi connectivity index (χ0n) is 24.5. The molecular formula is C34H38NO7P. The maximum atomic E-state index is 13.1. The molecule has 2 N–H and O–H groups in total. The van der Waals surface area contributed by atoms with Crippen molar-refractivity contribution in [2.75, 3.05) is 13.2 Å². The minimum absolute atomic E-state index is 0.106. The molecule has 2 aliphatic rings. The molecule has 5 rings (SSSR count). The summed E-state index contributed by atoms with van der Waals surface area (Å²) in [4.78, 5) is 36.3. The van der Waals surface area contributed by atoms with Crippen LogP contribution < -0.4 is 5.32 Å². The van der Waals surface area contributed by atoms with Crippen molar-refractivity contribution in [1.29, 1.82) is 0 Å². The predicted octanol–water partition coefficient (Wildman–Crippen LogP) is 7.18. The first-order valence-corrected chi connectivity index (χ1v) is 16.2. The summed E-state index contributed by atoms with van der Waals surface area (Å²) in [6, 6.07) is 24.3. The van der Waals surface area contributed by atoms with E-state index in [0.29, 0.717) is 6.42 Å². The van der Waals surface area contributed by atoms with E-state index < -0.39 is 20.0 Å². The number of Topliss-reactive ketones (excluding diaryl/α,β-unsaturated/α-hetero) is 1. The molecule has 1 fully saturated rings. The Morgan fingerprint density at radius 1 is 0.953 bits per heavy atom. The fraction of sp³-hybridized carbons (Fsp3) is 0.353. The van der Waals surface area contributed by atoms with Crippen molar-refractivity contribution < 1.29 is 32.8 Å². The van der Waals surface area contributed by atoms with Crippen molar-refractivity contribution >= 4 is 19.7 Å². The largest absolute Gasteiger partial charge is 0.472 e. The lowest BCUT2D eigenvalue weighted by atomic mass is 9.90. The first kappa shape index (κ1) is 30.9. The van der Waals surface area contributed by atoms with Crippen LogP contribution in [0.15, 0.2) is 90.5 Å². The number of allylic oxidation sites excluding steroid dienone is 1. The molecule has 3 aromatic carbocycles. The average molecular weight is 604 g/mol. The number of nitrogens with one attached hydrogen (secondary N) is 1. The van der Waals surface area contributed by atoms with Gasteiger partial charge in [-0.25, -0.2) is 9.36 Å². The second kappa shape index (κ2) is 13.8. The lowest BCUT2D eigenvalue weighted by Gasteiger charge is -2.21. The highest BCUT2D eigenvalue weighted by Crippen LogP contribution is 2.45. The van der Waals surface area contributed by atoms with E-state index in [2.05, 4.69) is 17.4 Å². The average Bonchev–Trinajstić information content (AvgIpc) is 3.60. The zero-order chi connectivity index (χ0) is 30.4. The molecule has 0 aliphatic heterocycles. The number of phosphoric acid groups is 1. The van der Waals surface area contributed by atoms with E-state index in [1.165, 1.54) is 0 Å². The fourth-order valence-corrected chi connectivity index (χ4v) is 6.66. The van der Waals surface area contributed by atoms with Crippen LogP contribution in [0.5, 0.6) is 0 Å². The van der Waals surface area contributed by atoms with Crippen LogP contribution in [0.4, 0.5) is 4.79 Å². The quantitative estimate of drug-likeness (QED) is 0.167. The Balaban J connectivity index is 1.27. The number of rotatable bonds is 12. The predicted molar refractivity (Wildman–Crippen MR) is 164 cm³/mol. The fourth-order valence-electron chi connectivity index (χ4n) is 5.92. The van der Waals surface area contributed by atoms with Crippen LogP contribution in [-0.2, 0) is 29.8 Å². The number of phosphoric ester groups is 1. The third-order valence-electron chi connectivity index (χ3n) is 8.03. The Bertz CT molecular complexity index is 1470. The first-order chi connectivity index (χ1) is 20.7. The second-order valence-electron chi connectivity index (χ2n) is 11.3. The molecule has 0 aromatic heterocycles. The molecule has 1 unspecified atom stereocenters. The highest BCUT2D eigenvalue weighted by molar-refractivity contribution is 7.47. The standard InChI is InChI=1S/C34H38NO7P/c1-23(2)33(36)27-18-10-13-25(27)19-26(21-42-43(38,39)41-20-24-11-4-3-5-12-24)35-34(37)40-22-32-30-16-8-6-14-28(30)29-15-7-9-17-31(29)32/h3-9,11-12,14-17,19,23,26-27,32H,10,13,18,20-22H2,1-2H3,(H,35,37)(H,38,39)/b25-19-/t26-,27-/m1/s1. The number of carbonyl (C=O) groups excluding carboxylic acids is 2. The number of ether oxygens (including phenoxy) is 1. The third-order valence-corrected chi connectivity index (χ3v) is 8.97. The SMILES string of the molecule is CC(C)C(=O)[C@@H]1CCC/C1=C/[C@H](COP(=O)(O)OCc1ccccc1)NC(=O)OCC1c2ccccc2-c2ccccc21. The van der Waals surface area contributed by atoms with Crippen molar-refractivity contribution in [3.05, 3.63) is 107 Å². The van der Waals surface area contributed by atoms with Gasteiger partial charge in [-0.2, -0.15) is 0 Å². The topological polar surface area (TPSA) is 111 Å². The van der Waals surface area contributed by atoms with E-state index in [4.69, 9.17) is 13.8 Å². The molecule has 2 aliphatic carbocycles. The van der Waals surface area contributed by atoms with Gasteiger partial charge in [0.25, 0.3) is 0 Å². The van der Waals surface area contributed by atoms with Gasteiger partial charge in [-0.1, -0.05) is 104 Å². The lowest BCUT2D eigenvalue weighted by molar-refractivity contribution is -0.124. The van der Waals surface area contributed by atoms with E-state index >= 15 is 0 Å². The van der Waals surface area contributed by atoms with Crippen LogP contribution in [-0.4, -0.2) is 36.0 Å². The number of ketones is 1. The zero-order valence-corrected chi connectivity index (χ0v) is 25.4. The smallest absolute Gasteiger partial charge is 0.449 e. The van der Waals surface area contributed by atoms with E-state index in [0.717, 1.165) is 46.2 Å². The van der Waals surface area contributed by atoms with Gasteiger partial charge in [-0.3, -0.25) is 13.8 Å². The van der Waals surface area contributed by atoms with Crippen LogP contribution in [0.1, 0.15) is 55.7 Å². The molecule has 0 radical (unpaired) electrons. The summed E-state index contributed by atoms with van der Waals surface area (Å²) in [6.45, 7) is 3.43. The van der Waals surface area contributed by atoms with Gasteiger partial charge in [0.2, 0.25) is 0 Å². The summed E-state index contributed by atoms with van der Waals surface area (Å²) in [5.41, 5.74) is 6.05. The van der Waals surface area contributed by atoms with Crippen LogP contribution >= 0.6 is 7.82 Å². The molecule has 8 nitrogen and oxygen atoms in total. The van der Waals surface area contributed by atoms with Gasteiger partial charge in [0.05, 0.1) is 19.3 Å². The molecule has 0 bridgehead atoms. The Morgan fingerprint density at radius 3 is 2.23 bits per heavy atom. The van der Waals surface area contributed by atoms with Gasteiger partial charge in [-0.05, 0) is 47.1 Å². The molecule has 3 aromatic rings. The van der Waals surface area contributed by atoms with Gasteiger partial charge >= 0.3 is 13.9 Å². The highest BCUT2D eigenvalue weighted by atomic mass is 31.2. The highest BCUT2D eigenvalue weighted by Gasteiger charge is 2.32. The normalized spacial score (nSPS) is 19.1. The summed E-state index contributed by atoms with van der Waals surface area (Å²) in [5.74, 6) is -0.343. The van der Waals surface area contributed by atoms with Crippen molar-refractivity contribution in [1.82, 2.24) is 5.32 Å². The summed E-state index contributed by atoms with van der Waals surface area (Å²) in [5, 5.41) is 2.79. The minimum atomic E-state index is -4.44. The van der Waals surface area contributed by atoms with Crippen molar-refractivity contribution in [3.8, 4) is 11.1 Å². The summed E-state index contributed by atoms with van der Waals surface area (Å²) < 4.78 is 28.9. The minimum Gasteiger partial charge on any atom is -0.449 e. The van der Waals surface area contributed by atoms with Gasteiger partial charge < -0.3 is 14.9 Å². The van der Waals surface area contributed by atoms with Gasteiger partial charge in [0.1, 0.15) is 12.4 Å². The van der Waals surface area contributed by atoms with Crippen molar-refractivity contribution in [2.45, 2.75) is 51.7 Å². The second-order valence-corrected chi connectivity index (χ2v) is 12.8.